The summed E-state index contributed by atoms with van der Waals surface area (Å²) in [5.74, 6) is -0.543. The fourth-order valence-electron chi connectivity index (χ4n) is 1.73. The van der Waals surface area contributed by atoms with Crippen LogP contribution >= 0.6 is 0 Å². The molecule has 0 saturated carbocycles. The summed E-state index contributed by atoms with van der Waals surface area (Å²) in [6, 6.07) is 4.74. The van der Waals surface area contributed by atoms with E-state index in [1.165, 1.54) is 19.4 Å². The number of methoxy groups -OCH3 is 1. The van der Waals surface area contributed by atoms with Gasteiger partial charge in [0.15, 0.2) is 0 Å². The molecule has 0 unspecified atom stereocenters. The van der Waals surface area contributed by atoms with Gasteiger partial charge in [0.05, 0.1) is 13.3 Å². The molecule has 7 nitrogen and oxygen atoms in total. The molecule has 7 heteroatoms. The van der Waals surface area contributed by atoms with Gasteiger partial charge in [-0.1, -0.05) is 6.42 Å². The van der Waals surface area contributed by atoms with Gasteiger partial charge in [-0.25, -0.2) is 5.43 Å². The average molecular weight is 308 g/mol. The summed E-state index contributed by atoms with van der Waals surface area (Å²) in [6.45, 7) is 0. The lowest BCUT2D eigenvalue weighted by Crippen LogP contribution is -2.16. The summed E-state index contributed by atoms with van der Waals surface area (Å²) in [6.07, 6.45) is 3.61. The third-order valence-corrected chi connectivity index (χ3v) is 2.92. The number of carboxylic acid groups (broad SMARTS) is 1. The van der Waals surface area contributed by atoms with Crippen LogP contribution in [-0.4, -0.2) is 35.4 Å². The van der Waals surface area contributed by atoms with Gasteiger partial charge in [-0.05, 0) is 25.0 Å². The normalized spacial score (nSPS) is 10.6. The molecule has 0 aromatic heterocycles. The number of carbonyl (C=O) groups excluding carboxylic acids is 1. The second-order valence-electron chi connectivity index (χ2n) is 4.67. The molecule has 3 N–H and O–H groups in total. The largest absolute Gasteiger partial charge is 0.507 e. The molecule has 0 radical (unpaired) electrons. The number of amides is 1. The maximum atomic E-state index is 11.5. The molecule has 0 aliphatic rings. The van der Waals surface area contributed by atoms with Crippen molar-refractivity contribution in [3.63, 3.8) is 0 Å². The number of aliphatic carboxylic acids is 1. The quantitative estimate of drug-likeness (QED) is 0.367. The van der Waals surface area contributed by atoms with E-state index in [0.29, 0.717) is 30.6 Å². The molecule has 120 valence electrons. The fraction of sp³-hybridized carbons (Fsp3) is 0.400. The Morgan fingerprint density at radius 1 is 1.27 bits per heavy atom. The Kier molecular flexibility index (Phi) is 7.45. The van der Waals surface area contributed by atoms with Crippen LogP contribution in [0.1, 0.15) is 37.7 Å². The van der Waals surface area contributed by atoms with Crippen LogP contribution in [0.25, 0.3) is 0 Å². The lowest BCUT2D eigenvalue weighted by atomic mass is 10.1. The first-order chi connectivity index (χ1) is 10.5. The molecule has 1 aromatic carbocycles. The zero-order valence-corrected chi connectivity index (χ0v) is 12.4. The molecule has 0 aliphatic heterocycles. The Balaban J connectivity index is 2.30. The highest BCUT2D eigenvalue weighted by Gasteiger charge is 2.02. The molecule has 0 atom stereocenters. The Morgan fingerprint density at radius 2 is 2.00 bits per heavy atom. The first kappa shape index (κ1) is 17.5. The Bertz CT molecular complexity index is 543. The van der Waals surface area contributed by atoms with Crippen LogP contribution in [0.3, 0.4) is 0 Å². The SMILES string of the molecule is COc1ccc(/C=N/NC(=O)CCCCCC(=O)O)c(O)c1. The van der Waals surface area contributed by atoms with Gasteiger partial charge in [0, 0.05) is 24.5 Å². The highest BCUT2D eigenvalue weighted by Crippen LogP contribution is 2.21. The summed E-state index contributed by atoms with van der Waals surface area (Å²) < 4.78 is 4.96. The van der Waals surface area contributed by atoms with Gasteiger partial charge in [0.1, 0.15) is 11.5 Å². The van der Waals surface area contributed by atoms with Gasteiger partial charge in [-0.2, -0.15) is 5.10 Å². The van der Waals surface area contributed by atoms with Crippen molar-refractivity contribution in [2.24, 2.45) is 5.10 Å². The zero-order chi connectivity index (χ0) is 16.4. The number of benzene rings is 1. The highest BCUT2D eigenvalue weighted by molar-refractivity contribution is 5.85. The van der Waals surface area contributed by atoms with Crippen LogP contribution in [0.5, 0.6) is 11.5 Å². The maximum Gasteiger partial charge on any atom is 0.303 e. The van der Waals surface area contributed by atoms with Gasteiger partial charge < -0.3 is 14.9 Å². The average Bonchev–Trinajstić information content (AvgIpc) is 2.48. The number of aromatic hydroxyl groups is 1. The minimum Gasteiger partial charge on any atom is -0.507 e. The van der Waals surface area contributed by atoms with E-state index >= 15 is 0 Å². The van der Waals surface area contributed by atoms with E-state index in [1.807, 2.05) is 0 Å². The second-order valence-corrected chi connectivity index (χ2v) is 4.67. The van der Waals surface area contributed by atoms with Crippen molar-refractivity contribution in [2.45, 2.75) is 32.1 Å². The van der Waals surface area contributed by atoms with Crippen LogP contribution in [0, 0.1) is 0 Å². The molecule has 1 rings (SSSR count). The smallest absolute Gasteiger partial charge is 0.303 e. The van der Waals surface area contributed by atoms with Crippen LogP contribution in [0.15, 0.2) is 23.3 Å². The van der Waals surface area contributed by atoms with Crippen molar-refractivity contribution in [1.29, 1.82) is 0 Å². The molecule has 1 aromatic rings. The van der Waals surface area contributed by atoms with Gasteiger partial charge in [-0.15, -0.1) is 0 Å². The lowest BCUT2D eigenvalue weighted by Gasteiger charge is -2.03. The Morgan fingerprint density at radius 3 is 2.64 bits per heavy atom. The predicted octanol–water partition coefficient (Wildman–Crippen LogP) is 1.89. The molecular formula is C15H20N2O5. The third kappa shape index (κ3) is 6.74. The van der Waals surface area contributed by atoms with Crippen LogP contribution in [0.4, 0.5) is 0 Å². The number of hydrogen-bond donors (Lipinski definition) is 3. The van der Waals surface area contributed by atoms with Crippen molar-refractivity contribution in [1.82, 2.24) is 5.43 Å². The predicted molar refractivity (Wildman–Crippen MR) is 81.1 cm³/mol. The van der Waals surface area contributed by atoms with E-state index in [4.69, 9.17) is 9.84 Å². The summed E-state index contributed by atoms with van der Waals surface area (Å²) in [7, 11) is 1.50. The number of unbranched alkanes of at least 4 members (excludes halogenated alkanes) is 2. The van der Waals surface area contributed by atoms with Crippen molar-refractivity contribution >= 4 is 18.1 Å². The number of phenols is 1. The third-order valence-electron chi connectivity index (χ3n) is 2.92. The standard InChI is InChI=1S/C15H20N2O5/c1-22-12-8-7-11(13(18)9-12)10-16-17-14(19)5-3-2-4-6-15(20)21/h7-10,18H,2-6H2,1H3,(H,17,19)(H,20,21)/b16-10+. The Hall–Kier alpha value is -2.57. The van der Waals surface area contributed by atoms with Gasteiger partial charge >= 0.3 is 5.97 Å². The first-order valence-corrected chi connectivity index (χ1v) is 6.93. The second kappa shape index (κ2) is 9.38. The maximum absolute atomic E-state index is 11.5. The number of carbonyl (C=O) groups is 2. The van der Waals surface area contributed by atoms with Crippen LogP contribution < -0.4 is 10.2 Å². The number of hydrogen-bond acceptors (Lipinski definition) is 5. The summed E-state index contributed by atoms with van der Waals surface area (Å²) in [5, 5.41) is 21.9. The number of rotatable bonds is 9. The number of phenolic OH excluding ortho intramolecular Hbond substituents is 1. The van der Waals surface area contributed by atoms with Crippen molar-refractivity contribution in [3.05, 3.63) is 23.8 Å². The zero-order valence-electron chi connectivity index (χ0n) is 12.4. The van der Waals surface area contributed by atoms with Crippen molar-refractivity contribution in [3.8, 4) is 11.5 Å². The monoisotopic (exact) mass is 308 g/mol. The number of nitrogens with one attached hydrogen (secondary N) is 1. The molecule has 0 bridgehead atoms. The number of carboxylic acids is 1. The van der Waals surface area contributed by atoms with E-state index < -0.39 is 5.97 Å². The van der Waals surface area contributed by atoms with Gasteiger partial charge in [-0.3, -0.25) is 9.59 Å². The highest BCUT2D eigenvalue weighted by atomic mass is 16.5. The molecule has 1 amide bonds. The number of nitrogens with zero attached hydrogens (tertiary/aromatic N) is 1. The van der Waals surface area contributed by atoms with Crippen molar-refractivity contribution in [2.75, 3.05) is 7.11 Å². The molecule has 0 saturated heterocycles. The van der Waals surface area contributed by atoms with E-state index in [1.54, 1.807) is 12.1 Å². The molecular weight excluding hydrogens is 288 g/mol. The summed E-state index contributed by atoms with van der Waals surface area (Å²) >= 11 is 0. The molecule has 22 heavy (non-hydrogen) atoms. The number of ether oxygens (including phenoxy) is 1. The first-order valence-electron chi connectivity index (χ1n) is 6.93. The molecule has 0 fully saturated rings. The summed E-state index contributed by atoms with van der Waals surface area (Å²) in [5.41, 5.74) is 2.82. The van der Waals surface area contributed by atoms with Crippen LogP contribution in [-0.2, 0) is 9.59 Å². The van der Waals surface area contributed by atoms with E-state index in [9.17, 15) is 14.7 Å². The fourth-order valence-corrected chi connectivity index (χ4v) is 1.73. The summed E-state index contributed by atoms with van der Waals surface area (Å²) in [4.78, 5) is 21.8. The van der Waals surface area contributed by atoms with E-state index in [0.717, 1.165) is 0 Å². The van der Waals surface area contributed by atoms with Gasteiger partial charge in [0.25, 0.3) is 0 Å². The number of hydrazone groups is 1. The van der Waals surface area contributed by atoms with Gasteiger partial charge in [0.2, 0.25) is 5.91 Å². The molecule has 0 spiro atoms. The van der Waals surface area contributed by atoms with E-state index in [2.05, 4.69) is 10.5 Å². The lowest BCUT2D eigenvalue weighted by molar-refractivity contribution is -0.137. The molecule has 0 heterocycles. The topological polar surface area (TPSA) is 108 Å². The Labute approximate surface area is 128 Å². The minimum atomic E-state index is -0.826. The molecule has 0 aliphatic carbocycles. The van der Waals surface area contributed by atoms with E-state index in [-0.39, 0.29) is 24.5 Å². The minimum absolute atomic E-state index is 0.00557. The van der Waals surface area contributed by atoms with Crippen LogP contribution in [0.2, 0.25) is 0 Å². The van der Waals surface area contributed by atoms with Crippen molar-refractivity contribution < 1.29 is 24.5 Å².